The third kappa shape index (κ3) is 5.25. The lowest BCUT2D eigenvalue weighted by Gasteiger charge is -2.28. The number of hydrogen-bond donors (Lipinski definition) is 0. The molecule has 3 nitrogen and oxygen atoms in total. The van der Waals surface area contributed by atoms with E-state index >= 15 is 0 Å². The third-order valence-corrected chi connectivity index (χ3v) is 10.5. The fourth-order valence-corrected chi connectivity index (χ4v) is 7.86. The van der Waals surface area contributed by atoms with Gasteiger partial charge in [-0.25, -0.2) is 0 Å². The van der Waals surface area contributed by atoms with Gasteiger partial charge in [0, 0.05) is 38.1 Å². The van der Waals surface area contributed by atoms with Crippen LogP contribution in [-0.4, -0.2) is 10.3 Å². The van der Waals surface area contributed by atoms with Crippen molar-refractivity contribution in [1.29, 1.82) is 0 Å². The first-order valence-electron chi connectivity index (χ1n) is 17.7. The SMILES string of the molecule is Cc1ccccc1C(C)(C)c1ccc2c3ccccc3n(-c3cccc4c3oc3cc(CN=C(c5ccccc5)c5ccccc5)ccc34)c2c1. The number of aryl methyl sites for hydroxylation is 1. The van der Waals surface area contributed by atoms with E-state index in [1.807, 2.05) is 12.1 Å². The highest BCUT2D eigenvalue weighted by Crippen LogP contribution is 2.41. The molecule has 0 unspecified atom stereocenters. The molecule has 0 spiro atoms. The van der Waals surface area contributed by atoms with Gasteiger partial charge in [-0.1, -0.05) is 153 Å². The number of para-hydroxylation sites is 2. The van der Waals surface area contributed by atoms with Crippen LogP contribution in [-0.2, 0) is 12.0 Å². The van der Waals surface area contributed by atoms with Crippen LogP contribution >= 0.6 is 0 Å². The second-order valence-corrected chi connectivity index (χ2v) is 14.0. The average molecular weight is 659 g/mol. The molecule has 9 rings (SSSR count). The molecule has 0 bridgehead atoms. The van der Waals surface area contributed by atoms with Gasteiger partial charge in [-0.2, -0.15) is 0 Å². The molecule has 0 saturated carbocycles. The Labute approximate surface area is 298 Å². The van der Waals surface area contributed by atoms with Crippen LogP contribution < -0.4 is 0 Å². The molecule has 0 atom stereocenters. The summed E-state index contributed by atoms with van der Waals surface area (Å²) in [6, 6.07) is 58.3. The monoisotopic (exact) mass is 658 g/mol. The lowest BCUT2D eigenvalue weighted by Crippen LogP contribution is -2.20. The zero-order valence-electron chi connectivity index (χ0n) is 29.1. The van der Waals surface area contributed by atoms with Crippen LogP contribution in [0.1, 0.15) is 47.2 Å². The Balaban J connectivity index is 1.18. The molecule has 0 amide bonds. The van der Waals surface area contributed by atoms with Crippen LogP contribution in [0.25, 0.3) is 49.4 Å². The second-order valence-electron chi connectivity index (χ2n) is 14.0. The van der Waals surface area contributed by atoms with Gasteiger partial charge >= 0.3 is 0 Å². The Bertz CT molecular complexity index is 2710. The van der Waals surface area contributed by atoms with E-state index in [1.165, 1.54) is 33.0 Å². The summed E-state index contributed by atoms with van der Waals surface area (Å²) in [5.74, 6) is 0. The minimum Gasteiger partial charge on any atom is -0.454 e. The third-order valence-electron chi connectivity index (χ3n) is 10.5. The Morgan fingerprint density at radius 1 is 0.588 bits per heavy atom. The van der Waals surface area contributed by atoms with E-state index in [-0.39, 0.29) is 5.41 Å². The van der Waals surface area contributed by atoms with E-state index in [4.69, 9.17) is 9.41 Å². The van der Waals surface area contributed by atoms with E-state index < -0.39 is 0 Å². The number of hydrogen-bond acceptors (Lipinski definition) is 2. The number of aliphatic imine (C=N–C) groups is 1. The molecule has 9 aromatic rings. The molecule has 0 aliphatic heterocycles. The zero-order chi connectivity index (χ0) is 34.5. The summed E-state index contributed by atoms with van der Waals surface area (Å²) >= 11 is 0. The molecule has 51 heavy (non-hydrogen) atoms. The van der Waals surface area contributed by atoms with Gasteiger partial charge in [-0.15, -0.1) is 0 Å². The standard InChI is InChI=1S/C48H38N2O/c1-32-15-10-12-22-41(32)48(2,3)36-26-28-38-37-20-11-13-23-42(37)50(44(38)30-36)43-24-14-21-40-39-27-25-33(29-45(39)51-47(40)43)31-49-46(34-16-6-4-7-17-34)35-18-8-5-9-19-35/h4-30H,31H2,1-3H3. The molecular weight excluding hydrogens is 621 g/mol. The maximum Gasteiger partial charge on any atom is 0.159 e. The molecule has 246 valence electrons. The number of rotatable bonds is 7. The van der Waals surface area contributed by atoms with Crippen molar-refractivity contribution in [3.8, 4) is 5.69 Å². The highest BCUT2D eigenvalue weighted by Gasteiger charge is 2.26. The maximum absolute atomic E-state index is 6.84. The Morgan fingerprint density at radius 2 is 1.24 bits per heavy atom. The number of benzene rings is 7. The van der Waals surface area contributed by atoms with E-state index in [0.717, 1.165) is 55.5 Å². The fraction of sp³-hybridized carbons (Fsp3) is 0.104. The van der Waals surface area contributed by atoms with Gasteiger partial charge in [0.1, 0.15) is 5.58 Å². The normalized spacial score (nSPS) is 11.9. The van der Waals surface area contributed by atoms with Gasteiger partial charge in [-0.3, -0.25) is 4.99 Å². The van der Waals surface area contributed by atoms with Crippen molar-refractivity contribution in [3.05, 3.63) is 197 Å². The van der Waals surface area contributed by atoms with E-state index in [1.54, 1.807) is 0 Å². The van der Waals surface area contributed by atoms with E-state index in [2.05, 4.69) is 177 Å². The van der Waals surface area contributed by atoms with Crippen molar-refractivity contribution in [1.82, 2.24) is 4.57 Å². The number of aromatic nitrogens is 1. The first-order chi connectivity index (χ1) is 25.0. The van der Waals surface area contributed by atoms with Crippen LogP contribution in [0.15, 0.2) is 173 Å². The van der Waals surface area contributed by atoms with Crippen LogP contribution in [0.2, 0.25) is 0 Å². The number of fused-ring (bicyclic) bond motifs is 6. The Morgan fingerprint density at radius 3 is 2.00 bits per heavy atom. The quantitative estimate of drug-likeness (QED) is 0.157. The molecule has 0 N–H and O–H groups in total. The Hall–Kier alpha value is -6.19. The van der Waals surface area contributed by atoms with Gasteiger partial charge in [0.05, 0.1) is 29.0 Å². The fourth-order valence-electron chi connectivity index (χ4n) is 7.86. The summed E-state index contributed by atoms with van der Waals surface area (Å²) in [6.07, 6.45) is 0. The predicted molar refractivity (Wildman–Crippen MR) is 214 cm³/mol. The van der Waals surface area contributed by atoms with Gasteiger partial charge < -0.3 is 8.98 Å². The summed E-state index contributed by atoms with van der Waals surface area (Å²) < 4.78 is 9.23. The first kappa shape index (κ1) is 30.8. The molecule has 0 saturated heterocycles. The van der Waals surface area contributed by atoms with E-state index in [0.29, 0.717) is 6.54 Å². The van der Waals surface area contributed by atoms with Gasteiger partial charge in [-0.05, 0) is 53.4 Å². The molecule has 2 aromatic heterocycles. The summed E-state index contributed by atoms with van der Waals surface area (Å²) in [6.45, 7) is 7.41. The molecule has 2 heterocycles. The summed E-state index contributed by atoms with van der Waals surface area (Å²) in [5.41, 5.74) is 13.2. The average Bonchev–Trinajstić information content (AvgIpc) is 3.71. The minimum atomic E-state index is -0.175. The molecule has 7 aromatic carbocycles. The topological polar surface area (TPSA) is 30.4 Å². The molecule has 3 heteroatoms. The summed E-state index contributed by atoms with van der Waals surface area (Å²) in [5, 5.41) is 4.67. The number of furan rings is 1. The van der Waals surface area contributed by atoms with Crippen molar-refractivity contribution < 1.29 is 4.42 Å². The van der Waals surface area contributed by atoms with Crippen LogP contribution in [0.5, 0.6) is 0 Å². The van der Waals surface area contributed by atoms with Gasteiger partial charge in [0.2, 0.25) is 0 Å². The minimum absolute atomic E-state index is 0.175. The van der Waals surface area contributed by atoms with Crippen molar-refractivity contribution in [2.24, 2.45) is 4.99 Å². The highest BCUT2D eigenvalue weighted by molar-refractivity contribution is 6.14. The molecule has 0 fully saturated rings. The van der Waals surface area contributed by atoms with E-state index in [9.17, 15) is 0 Å². The summed E-state index contributed by atoms with van der Waals surface area (Å²) in [7, 11) is 0. The smallest absolute Gasteiger partial charge is 0.159 e. The molecule has 0 aliphatic rings. The maximum atomic E-state index is 6.84. The van der Waals surface area contributed by atoms with Crippen molar-refractivity contribution in [2.45, 2.75) is 32.7 Å². The lowest BCUT2D eigenvalue weighted by molar-refractivity contribution is 0.636. The van der Waals surface area contributed by atoms with Gasteiger partial charge in [0.25, 0.3) is 0 Å². The molecular formula is C48H38N2O. The van der Waals surface area contributed by atoms with Crippen molar-refractivity contribution >= 4 is 49.5 Å². The Kier molecular flexibility index (Phi) is 7.43. The van der Waals surface area contributed by atoms with Crippen molar-refractivity contribution in [2.75, 3.05) is 0 Å². The highest BCUT2D eigenvalue weighted by atomic mass is 16.3. The lowest BCUT2D eigenvalue weighted by atomic mass is 9.76. The predicted octanol–water partition coefficient (Wildman–Crippen LogP) is 12.4. The van der Waals surface area contributed by atoms with Gasteiger partial charge in [0.15, 0.2) is 5.58 Å². The largest absolute Gasteiger partial charge is 0.454 e. The van der Waals surface area contributed by atoms with Crippen LogP contribution in [0.4, 0.5) is 0 Å². The summed E-state index contributed by atoms with van der Waals surface area (Å²) in [4.78, 5) is 5.15. The number of nitrogens with zero attached hydrogens (tertiary/aromatic N) is 2. The molecule has 0 aliphatic carbocycles. The first-order valence-corrected chi connectivity index (χ1v) is 17.7. The van der Waals surface area contributed by atoms with Crippen LogP contribution in [0, 0.1) is 6.92 Å². The molecule has 0 radical (unpaired) electrons. The zero-order valence-corrected chi connectivity index (χ0v) is 29.1. The van der Waals surface area contributed by atoms with Crippen molar-refractivity contribution in [3.63, 3.8) is 0 Å². The van der Waals surface area contributed by atoms with Crippen LogP contribution in [0.3, 0.4) is 0 Å². The second kappa shape index (κ2) is 12.3.